The van der Waals surface area contributed by atoms with Gasteiger partial charge in [0.1, 0.15) is 0 Å². The summed E-state index contributed by atoms with van der Waals surface area (Å²) in [5, 5.41) is 4.10. The van der Waals surface area contributed by atoms with Crippen molar-refractivity contribution in [2.75, 3.05) is 13.1 Å². The van der Waals surface area contributed by atoms with Crippen LogP contribution in [0.5, 0.6) is 0 Å². The van der Waals surface area contributed by atoms with Gasteiger partial charge in [0.2, 0.25) is 11.8 Å². The van der Waals surface area contributed by atoms with Gasteiger partial charge in [0.15, 0.2) is 0 Å². The number of nitrogens with zero attached hydrogens (tertiary/aromatic N) is 1. The minimum absolute atomic E-state index is 0.0587. The first-order valence-electron chi connectivity index (χ1n) is 7.73. The monoisotopic (exact) mass is 299 g/mol. The molecule has 0 radical (unpaired) electrons. The Labute approximate surface area is 129 Å². The van der Waals surface area contributed by atoms with E-state index < -0.39 is 0 Å². The summed E-state index contributed by atoms with van der Waals surface area (Å²) < 4.78 is 0. The number of nitrogens with one attached hydrogen (secondary N) is 2. The van der Waals surface area contributed by atoms with Crippen LogP contribution >= 0.6 is 0 Å². The third kappa shape index (κ3) is 3.47. The first-order chi connectivity index (χ1) is 10.6. The Balaban J connectivity index is 1.61. The molecule has 116 valence electrons. The van der Waals surface area contributed by atoms with Crippen molar-refractivity contribution < 1.29 is 9.59 Å². The molecule has 2 N–H and O–H groups in total. The molecule has 0 bridgehead atoms. The minimum atomic E-state index is -0.0641. The number of amides is 2. The molecule has 2 aromatic rings. The maximum Gasteiger partial charge on any atom is 0.239 e. The highest BCUT2D eigenvalue weighted by atomic mass is 16.2. The number of aromatic nitrogens is 1. The molecule has 0 aliphatic heterocycles. The highest BCUT2D eigenvalue weighted by Crippen LogP contribution is 2.19. The average Bonchev–Trinajstić information content (AvgIpc) is 3.21. The lowest BCUT2D eigenvalue weighted by atomic mass is 10.1. The van der Waals surface area contributed by atoms with E-state index >= 15 is 0 Å². The molecular formula is C17H21N3O2. The van der Waals surface area contributed by atoms with Crippen LogP contribution in [0.3, 0.4) is 0 Å². The summed E-state index contributed by atoms with van der Waals surface area (Å²) in [5.74, 6) is -0.123. The quantitative estimate of drug-likeness (QED) is 0.855. The zero-order valence-corrected chi connectivity index (χ0v) is 12.8. The number of para-hydroxylation sites is 1. The summed E-state index contributed by atoms with van der Waals surface area (Å²) in [6.45, 7) is 2.21. The predicted molar refractivity (Wildman–Crippen MR) is 85.4 cm³/mol. The van der Waals surface area contributed by atoms with Gasteiger partial charge >= 0.3 is 0 Å². The average molecular weight is 299 g/mol. The van der Waals surface area contributed by atoms with Gasteiger partial charge in [0.05, 0.1) is 6.54 Å². The van der Waals surface area contributed by atoms with Crippen LogP contribution < -0.4 is 5.32 Å². The number of hydrogen-bond donors (Lipinski definition) is 2. The minimum Gasteiger partial charge on any atom is -0.361 e. The van der Waals surface area contributed by atoms with Crippen molar-refractivity contribution >= 4 is 22.7 Å². The van der Waals surface area contributed by atoms with E-state index in [9.17, 15) is 9.59 Å². The molecule has 3 rings (SSSR count). The number of carbonyl (C=O) groups is 2. The highest BCUT2D eigenvalue weighted by molar-refractivity contribution is 5.85. The second-order valence-electron chi connectivity index (χ2n) is 5.89. The summed E-state index contributed by atoms with van der Waals surface area (Å²) in [7, 11) is 0. The molecule has 0 unspecified atom stereocenters. The van der Waals surface area contributed by atoms with Crippen molar-refractivity contribution in [1.29, 1.82) is 0 Å². The van der Waals surface area contributed by atoms with Crippen LogP contribution in [0.15, 0.2) is 30.5 Å². The number of benzene rings is 1. The molecule has 0 spiro atoms. The van der Waals surface area contributed by atoms with Crippen molar-refractivity contribution in [3.8, 4) is 0 Å². The Morgan fingerprint density at radius 3 is 2.82 bits per heavy atom. The molecule has 1 aromatic heterocycles. The highest BCUT2D eigenvalue weighted by Gasteiger charge is 2.24. The number of H-pyrrole nitrogens is 1. The van der Waals surface area contributed by atoms with Gasteiger partial charge in [-0.05, 0) is 30.9 Å². The van der Waals surface area contributed by atoms with Gasteiger partial charge in [-0.1, -0.05) is 18.2 Å². The Bertz CT molecular complexity index is 688. The molecule has 1 aliphatic carbocycles. The fourth-order valence-corrected chi connectivity index (χ4v) is 2.62. The number of aromatic amines is 1. The Hall–Kier alpha value is -2.30. The largest absolute Gasteiger partial charge is 0.361 e. The van der Waals surface area contributed by atoms with Crippen molar-refractivity contribution in [2.45, 2.75) is 32.2 Å². The van der Waals surface area contributed by atoms with Crippen LogP contribution in [0.25, 0.3) is 10.9 Å². The van der Waals surface area contributed by atoms with Crippen LogP contribution in [0.4, 0.5) is 0 Å². The smallest absolute Gasteiger partial charge is 0.239 e. The lowest BCUT2D eigenvalue weighted by molar-refractivity contribution is -0.134. The molecule has 1 aromatic carbocycles. The summed E-state index contributed by atoms with van der Waals surface area (Å²) >= 11 is 0. The molecule has 1 fully saturated rings. The normalized spacial score (nSPS) is 14.0. The maximum atomic E-state index is 11.9. The molecule has 2 amide bonds. The standard InChI is InChI=1S/C17H21N3O2/c1-12(21)20(11-17(22)19-14-6-7-14)9-8-13-10-18-16-5-3-2-4-15(13)16/h2-5,10,14,18H,6-9,11H2,1H3,(H,19,22). The van der Waals surface area contributed by atoms with Gasteiger partial charge < -0.3 is 15.2 Å². The third-order valence-electron chi connectivity index (χ3n) is 4.05. The van der Waals surface area contributed by atoms with E-state index in [-0.39, 0.29) is 18.4 Å². The maximum absolute atomic E-state index is 11.9. The number of hydrogen-bond acceptors (Lipinski definition) is 2. The molecule has 1 aliphatic rings. The van der Waals surface area contributed by atoms with Gasteiger partial charge in [-0.15, -0.1) is 0 Å². The summed E-state index contributed by atoms with van der Waals surface area (Å²) in [6, 6.07) is 8.43. The SMILES string of the molecule is CC(=O)N(CCc1c[nH]c2ccccc12)CC(=O)NC1CC1. The van der Waals surface area contributed by atoms with Crippen molar-refractivity contribution in [1.82, 2.24) is 15.2 Å². The van der Waals surface area contributed by atoms with E-state index in [2.05, 4.69) is 16.4 Å². The third-order valence-corrected chi connectivity index (χ3v) is 4.05. The van der Waals surface area contributed by atoms with E-state index in [0.717, 1.165) is 24.8 Å². The number of carbonyl (C=O) groups excluding carboxylic acids is 2. The number of rotatable bonds is 6. The zero-order chi connectivity index (χ0) is 15.5. The second kappa shape index (κ2) is 6.22. The Morgan fingerprint density at radius 2 is 2.09 bits per heavy atom. The lowest BCUT2D eigenvalue weighted by Gasteiger charge is -2.20. The van der Waals surface area contributed by atoms with Crippen molar-refractivity contribution in [3.63, 3.8) is 0 Å². The van der Waals surface area contributed by atoms with Gasteiger partial charge in [-0.2, -0.15) is 0 Å². The van der Waals surface area contributed by atoms with Crippen LogP contribution in [0.2, 0.25) is 0 Å². The van der Waals surface area contributed by atoms with Gasteiger partial charge in [-0.25, -0.2) is 0 Å². The summed E-state index contributed by atoms with van der Waals surface area (Å²) in [4.78, 5) is 28.5. The topological polar surface area (TPSA) is 65.2 Å². The first kappa shape index (κ1) is 14.6. The van der Waals surface area contributed by atoms with E-state index in [4.69, 9.17) is 0 Å². The van der Waals surface area contributed by atoms with Crippen LogP contribution in [0, 0.1) is 0 Å². The van der Waals surface area contributed by atoms with E-state index in [1.54, 1.807) is 4.90 Å². The molecule has 1 heterocycles. The molecule has 0 atom stereocenters. The molecule has 22 heavy (non-hydrogen) atoms. The van der Waals surface area contributed by atoms with Crippen molar-refractivity contribution in [3.05, 3.63) is 36.0 Å². The molecule has 5 nitrogen and oxygen atoms in total. The van der Waals surface area contributed by atoms with Crippen LogP contribution in [0.1, 0.15) is 25.3 Å². The van der Waals surface area contributed by atoms with Gasteiger partial charge in [0.25, 0.3) is 0 Å². The molecule has 0 saturated heterocycles. The Morgan fingerprint density at radius 1 is 1.32 bits per heavy atom. The van der Waals surface area contributed by atoms with E-state index in [1.165, 1.54) is 17.9 Å². The molecule has 1 saturated carbocycles. The Kier molecular flexibility index (Phi) is 4.13. The predicted octanol–water partition coefficient (Wildman–Crippen LogP) is 1.84. The summed E-state index contributed by atoms with van der Waals surface area (Å²) in [6.07, 6.45) is 4.83. The zero-order valence-electron chi connectivity index (χ0n) is 12.8. The molecule has 5 heteroatoms. The summed E-state index contributed by atoms with van der Waals surface area (Å²) in [5.41, 5.74) is 2.27. The first-order valence-corrected chi connectivity index (χ1v) is 7.73. The van der Waals surface area contributed by atoms with Crippen molar-refractivity contribution in [2.24, 2.45) is 0 Å². The van der Waals surface area contributed by atoms with E-state index in [0.29, 0.717) is 12.6 Å². The van der Waals surface area contributed by atoms with Gasteiger partial charge in [-0.3, -0.25) is 9.59 Å². The lowest BCUT2D eigenvalue weighted by Crippen LogP contribution is -2.41. The van der Waals surface area contributed by atoms with E-state index in [1.807, 2.05) is 24.4 Å². The number of fused-ring (bicyclic) bond motifs is 1. The fraction of sp³-hybridized carbons (Fsp3) is 0.412. The van der Waals surface area contributed by atoms with Gasteiger partial charge in [0, 0.05) is 36.6 Å². The van der Waals surface area contributed by atoms with Crippen LogP contribution in [-0.4, -0.2) is 40.8 Å². The molecular weight excluding hydrogens is 278 g/mol. The van der Waals surface area contributed by atoms with Crippen LogP contribution in [-0.2, 0) is 16.0 Å². The second-order valence-corrected chi connectivity index (χ2v) is 5.89. The fourth-order valence-electron chi connectivity index (χ4n) is 2.62.